The van der Waals surface area contributed by atoms with Gasteiger partial charge in [0, 0.05) is 32.2 Å². The monoisotopic (exact) mass is 337 g/mol. The maximum absolute atomic E-state index is 12.8. The van der Waals surface area contributed by atoms with Crippen molar-refractivity contribution in [3.63, 3.8) is 0 Å². The number of amides is 2. The molecule has 0 radical (unpaired) electrons. The SMILES string of the molecule is Cc1ccc(S(=O)(=O)N2CCN(C(=O)NC3CC3)CC2)c(C)c1. The first-order valence-electron chi connectivity index (χ1n) is 8.01. The molecule has 0 bridgehead atoms. The largest absolute Gasteiger partial charge is 0.335 e. The lowest BCUT2D eigenvalue weighted by Gasteiger charge is -2.34. The molecule has 0 atom stereocenters. The highest BCUT2D eigenvalue weighted by Crippen LogP contribution is 2.23. The summed E-state index contributed by atoms with van der Waals surface area (Å²) in [5.74, 6) is 0. The first-order valence-corrected chi connectivity index (χ1v) is 9.45. The average Bonchev–Trinajstić information content (AvgIpc) is 3.31. The van der Waals surface area contributed by atoms with Gasteiger partial charge >= 0.3 is 6.03 Å². The van der Waals surface area contributed by atoms with E-state index < -0.39 is 10.0 Å². The van der Waals surface area contributed by atoms with E-state index in [9.17, 15) is 13.2 Å². The summed E-state index contributed by atoms with van der Waals surface area (Å²) in [5.41, 5.74) is 1.81. The number of aryl methyl sites for hydroxylation is 2. The molecule has 0 spiro atoms. The minimum Gasteiger partial charge on any atom is -0.335 e. The molecular formula is C16H23N3O3S. The lowest BCUT2D eigenvalue weighted by molar-refractivity contribution is 0.172. The second-order valence-corrected chi connectivity index (χ2v) is 8.29. The van der Waals surface area contributed by atoms with Gasteiger partial charge in [0.25, 0.3) is 0 Å². The molecule has 1 saturated heterocycles. The van der Waals surface area contributed by atoms with E-state index in [2.05, 4.69) is 5.32 Å². The van der Waals surface area contributed by atoms with Gasteiger partial charge in [-0.05, 0) is 38.3 Å². The second-order valence-electron chi connectivity index (χ2n) is 6.38. The third-order valence-corrected chi connectivity index (χ3v) is 6.44. The van der Waals surface area contributed by atoms with Gasteiger partial charge in [0.15, 0.2) is 0 Å². The van der Waals surface area contributed by atoms with Gasteiger partial charge in [-0.25, -0.2) is 13.2 Å². The zero-order valence-corrected chi connectivity index (χ0v) is 14.4. The number of carbonyl (C=O) groups excluding carboxylic acids is 1. The number of carbonyl (C=O) groups is 1. The van der Waals surface area contributed by atoms with Crippen molar-refractivity contribution in [2.45, 2.75) is 37.6 Å². The highest BCUT2D eigenvalue weighted by atomic mass is 32.2. The Hall–Kier alpha value is -1.60. The van der Waals surface area contributed by atoms with Crippen molar-refractivity contribution in [2.24, 2.45) is 0 Å². The molecule has 1 saturated carbocycles. The van der Waals surface area contributed by atoms with E-state index >= 15 is 0 Å². The van der Waals surface area contributed by atoms with Gasteiger partial charge in [0.2, 0.25) is 10.0 Å². The highest BCUT2D eigenvalue weighted by Gasteiger charge is 2.32. The Kier molecular flexibility index (Phi) is 4.33. The summed E-state index contributed by atoms with van der Waals surface area (Å²) >= 11 is 0. The van der Waals surface area contributed by atoms with Gasteiger partial charge in [-0.2, -0.15) is 4.31 Å². The van der Waals surface area contributed by atoms with Crippen LogP contribution in [0.15, 0.2) is 23.1 Å². The van der Waals surface area contributed by atoms with Gasteiger partial charge in [0.1, 0.15) is 0 Å². The Morgan fingerprint density at radius 3 is 2.35 bits per heavy atom. The Labute approximate surface area is 137 Å². The van der Waals surface area contributed by atoms with Gasteiger partial charge in [-0.3, -0.25) is 0 Å². The van der Waals surface area contributed by atoms with E-state index in [1.807, 2.05) is 26.0 Å². The van der Waals surface area contributed by atoms with E-state index in [0.29, 0.717) is 37.1 Å². The zero-order valence-electron chi connectivity index (χ0n) is 13.6. The highest BCUT2D eigenvalue weighted by molar-refractivity contribution is 7.89. The van der Waals surface area contributed by atoms with Crippen LogP contribution in [0.25, 0.3) is 0 Å². The van der Waals surface area contributed by atoms with Crippen LogP contribution in [0.5, 0.6) is 0 Å². The minimum atomic E-state index is -3.49. The van der Waals surface area contributed by atoms with Crippen LogP contribution in [0, 0.1) is 13.8 Å². The molecule has 1 aliphatic heterocycles. The van der Waals surface area contributed by atoms with Gasteiger partial charge in [-0.15, -0.1) is 0 Å². The molecule has 1 aromatic rings. The third-order valence-electron chi connectivity index (χ3n) is 4.38. The van der Waals surface area contributed by atoms with E-state index in [4.69, 9.17) is 0 Å². The lowest BCUT2D eigenvalue weighted by Crippen LogP contribution is -2.53. The van der Waals surface area contributed by atoms with Crippen molar-refractivity contribution in [1.82, 2.24) is 14.5 Å². The third kappa shape index (κ3) is 3.50. The van der Waals surface area contributed by atoms with Crippen molar-refractivity contribution in [2.75, 3.05) is 26.2 Å². The Morgan fingerprint density at radius 2 is 1.78 bits per heavy atom. The molecule has 23 heavy (non-hydrogen) atoms. The average molecular weight is 337 g/mol. The number of piperazine rings is 1. The maximum atomic E-state index is 12.8. The molecule has 0 unspecified atom stereocenters. The van der Waals surface area contributed by atoms with Crippen LogP contribution in [0.2, 0.25) is 0 Å². The number of benzene rings is 1. The number of hydrogen-bond donors (Lipinski definition) is 1. The number of sulfonamides is 1. The number of nitrogens with one attached hydrogen (secondary N) is 1. The molecule has 2 aliphatic rings. The minimum absolute atomic E-state index is 0.0731. The summed E-state index contributed by atoms with van der Waals surface area (Å²) in [6.07, 6.45) is 2.10. The van der Waals surface area contributed by atoms with Crippen LogP contribution in [0.4, 0.5) is 4.79 Å². The van der Waals surface area contributed by atoms with Crippen molar-refractivity contribution < 1.29 is 13.2 Å². The predicted octanol–water partition coefficient (Wildman–Crippen LogP) is 1.48. The van der Waals surface area contributed by atoms with Crippen LogP contribution in [-0.2, 0) is 10.0 Å². The quantitative estimate of drug-likeness (QED) is 0.908. The van der Waals surface area contributed by atoms with Crippen molar-refractivity contribution in [3.05, 3.63) is 29.3 Å². The number of urea groups is 1. The predicted molar refractivity (Wildman–Crippen MR) is 87.8 cm³/mol. The van der Waals surface area contributed by atoms with Crippen molar-refractivity contribution in [3.8, 4) is 0 Å². The molecule has 1 heterocycles. The molecule has 0 aromatic heterocycles. The Morgan fingerprint density at radius 1 is 1.13 bits per heavy atom. The standard InChI is InChI=1S/C16H23N3O3S/c1-12-3-6-15(13(2)11-12)23(21,22)19-9-7-18(8-10-19)16(20)17-14-4-5-14/h3,6,11,14H,4-5,7-10H2,1-2H3,(H,17,20). The summed E-state index contributed by atoms with van der Waals surface area (Å²) in [5, 5.41) is 2.94. The Balaban J connectivity index is 1.67. The van der Waals surface area contributed by atoms with Gasteiger partial charge in [0.05, 0.1) is 4.90 Å². The number of rotatable bonds is 3. The topological polar surface area (TPSA) is 69.7 Å². The molecule has 1 aromatic carbocycles. The van der Waals surface area contributed by atoms with Gasteiger partial charge in [-0.1, -0.05) is 17.7 Å². The maximum Gasteiger partial charge on any atom is 0.317 e. The van der Waals surface area contributed by atoms with Crippen LogP contribution in [0.1, 0.15) is 24.0 Å². The molecule has 3 rings (SSSR count). The number of nitrogens with zero attached hydrogens (tertiary/aromatic N) is 2. The van der Waals surface area contributed by atoms with E-state index in [0.717, 1.165) is 24.0 Å². The van der Waals surface area contributed by atoms with Crippen LogP contribution < -0.4 is 5.32 Å². The van der Waals surface area contributed by atoms with Crippen LogP contribution in [0.3, 0.4) is 0 Å². The van der Waals surface area contributed by atoms with Crippen LogP contribution in [-0.4, -0.2) is 55.9 Å². The summed E-state index contributed by atoms with van der Waals surface area (Å²) in [7, 11) is -3.49. The molecule has 2 fully saturated rings. The normalized spacial score (nSPS) is 19.7. The molecule has 1 aliphatic carbocycles. The summed E-state index contributed by atoms with van der Waals surface area (Å²) < 4.78 is 27.1. The Bertz CT molecular complexity index is 705. The molecule has 2 amide bonds. The molecule has 126 valence electrons. The summed E-state index contributed by atoms with van der Waals surface area (Å²) in [4.78, 5) is 14.1. The summed E-state index contributed by atoms with van der Waals surface area (Å²) in [6.45, 7) is 5.31. The van der Waals surface area contributed by atoms with Crippen LogP contribution >= 0.6 is 0 Å². The van der Waals surface area contributed by atoms with E-state index in [1.165, 1.54) is 4.31 Å². The lowest BCUT2D eigenvalue weighted by atomic mass is 10.2. The summed E-state index contributed by atoms with van der Waals surface area (Å²) in [6, 6.07) is 5.62. The fourth-order valence-corrected chi connectivity index (χ4v) is 4.48. The van der Waals surface area contributed by atoms with E-state index in [1.54, 1.807) is 11.0 Å². The number of hydrogen-bond acceptors (Lipinski definition) is 3. The fourth-order valence-electron chi connectivity index (χ4n) is 2.85. The van der Waals surface area contributed by atoms with Gasteiger partial charge < -0.3 is 10.2 Å². The fraction of sp³-hybridized carbons (Fsp3) is 0.562. The van der Waals surface area contributed by atoms with E-state index in [-0.39, 0.29) is 6.03 Å². The molecule has 6 nitrogen and oxygen atoms in total. The van der Waals surface area contributed by atoms with Crippen molar-refractivity contribution >= 4 is 16.1 Å². The smallest absolute Gasteiger partial charge is 0.317 e. The molecule has 7 heteroatoms. The van der Waals surface area contributed by atoms with Crippen molar-refractivity contribution in [1.29, 1.82) is 0 Å². The zero-order chi connectivity index (χ0) is 16.6. The molecule has 1 N–H and O–H groups in total. The second kappa shape index (κ2) is 6.13. The molecular weight excluding hydrogens is 314 g/mol. The first-order chi connectivity index (χ1) is 10.9. The first kappa shape index (κ1) is 16.3.